The lowest BCUT2D eigenvalue weighted by Crippen LogP contribution is -2.45. The van der Waals surface area contributed by atoms with Crippen molar-refractivity contribution in [1.82, 2.24) is 5.32 Å². The average molecular weight is 183 g/mol. The number of nitrogens with two attached hydrogens (primary N) is 1. The van der Waals surface area contributed by atoms with Crippen LogP contribution in [0.2, 0.25) is 0 Å². The molecule has 0 spiro atoms. The molecule has 4 N–H and O–H groups in total. The van der Waals surface area contributed by atoms with Gasteiger partial charge in [0.1, 0.15) is 0 Å². The summed E-state index contributed by atoms with van der Waals surface area (Å²) in [7, 11) is 0. The van der Waals surface area contributed by atoms with E-state index in [1.165, 1.54) is 0 Å². The Labute approximate surface area is 79.2 Å². The third kappa shape index (κ3) is 4.38. The van der Waals surface area contributed by atoms with E-state index in [0.717, 1.165) is 6.42 Å². The summed E-state index contributed by atoms with van der Waals surface area (Å²) in [4.78, 5) is 0. The van der Waals surface area contributed by atoms with E-state index in [4.69, 9.17) is 17.4 Å². The summed E-state index contributed by atoms with van der Waals surface area (Å²) in [5.74, 6) is 2.75. The zero-order valence-corrected chi connectivity index (χ0v) is 8.12. The molecule has 4 nitrogen and oxygen atoms in total. The second-order valence-corrected chi connectivity index (χ2v) is 2.96. The normalized spacial score (nSPS) is 16.2. The van der Waals surface area contributed by atoms with Crippen molar-refractivity contribution in [2.45, 2.75) is 38.8 Å². The molecule has 0 aliphatic heterocycles. The Morgan fingerprint density at radius 1 is 1.77 bits per heavy atom. The largest absolute Gasteiger partial charge is 0.409 e. The second kappa shape index (κ2) is 6.32. The van der Waals surface area contributed by atoms with Crippen LogP contribution in [0.15, 0.2) is 5.16 Å². The average Bonchev–Trinajstić information content (AvgIpc) is 2.13. The number of nitrogens with zero attached hydrogens (tertiary/aromatic N) is 1. The Bertz CT molecular complexity index is 207. The number of amidine groups is 1. The molecule has 0 aromatic rings. The van der Waals surface area contributed by atoms with Crippen LogP contribution < -0.4 is 11.1 Å². The van der Waals surface area contributed by atoms with Crippen LogP contribution in [0.4, 0.5) is 0 Å². The molecule has 0 rings (SSSR count). The fraction of sp³-hybridized carbons (Fsp3) is 0.667. The first-order valence-electron chi connectivity index (χ1n) is 4.32. The van der Waals surface area contributed by atoms with Crippen molar-refractivity contribution in [2.75, 3.05) is 0 Å². The van der Waals surface area contributed by atoms with Gasteiger partial charge in [-0.15, -0.1) is 12.3 Å². The molecule has 74 valence electrons. The summed E-state index contributed by atoms with van der Waals surface area (Å²) in [6.45, 7) is 3.92. The number of oxime groups is 1. The van der Waals surface area contributed by atoms with Crippen LogP contribution in [0.25, 0.3) is 0 Å². The van der Waals surface area contributed by atoms with Gasteiger partial charge in [-0.1, -0.05) is 12.1 Å². The molecule has 0 saturated heterocycles. The fourth-order valence-corrected chi connectivity index (χ4v) is 1.06. The number of hydrogen-bond donors (Lipinski definition) is 3. The first kappa shape index (κ1) is 11.8. The van der Waals surface area contributed by atoms with Gasteiger partial charge in [-0.2, -0.15) is 0 Å². The van der Waals surface area contributed by atoms with Gasteiger partial charge < -0.3 is 16.3 Å². The zero-order chi connectivity index (χ0) is 10.3. The Morgan fingerprint density at radius 2 is 2.38 bits per heavy atom. The number of nitrogens with one attached hydrogen (secondary N) is 1. The molecule has 0 bridgehead atoms. The molecule has 2 unspecified atom stereocenters. The van der Waals surface area contributed by atoms with E-state index in [1.807, 2.05) is 13.8 Å². The molecular weight excluding hydrogens is 166 g/mol. The Kier molecular flexibility index (Phi) is 5.73. The van der Waals surface area contributed by atoms with Crippen molar-refractivity contribution in [3.8, 4) is 12.3 Å². The van der Waals surface area contributed by atoms with Crippen LogP contribution in [0.5, 0.6) is 0 Å². The predicted octanol–water partition coefficient (Wildman–Crippen LogP) is 0.513. The van der Waals surface area contributed by atoms with Gasteiger partial charge in [0.05, 0.1) is 6.04 Å². The van der Waals surface area contributed by atoms with Crippen LogP contribution in [-0.4, -0.2) is 23.1 Å². The van der Waals surface area contributed by atoms with Crippen LogP contribution in [0, 0.1) is 12.3 Å². The van der Waals surface area contributed by atoms with E-state index < -0.39 is 0 Å². The van der Waals surface area contributed by atoms with Gasteiger partial charge in [0.2, 0.25) is 0 Å². The lowest BCUT2D eigenvalue weighted by Gasteiger charge is -2.19. The lowest BCUT2D eigenvalue weighted by molar-refractivity contribution is 0.313. The maximum atomic E-state index is 8.46. The maximum Gasteiger partial charge on any atom is 0.156 e. The van der Waals surface area contributed by atoms with Crippen molar-refractivity contribution in [1.29, 1.82) is 0 Å². The van der Waals surface area contributed by atoms with E-state index in [1.54, 1.807) is 0 Å². The van der Waals surface area contributed by atoms with Crippen LogP contribution in [0.1, 0.15) is 26.7 Å². The van der Waals surface area contributed by atoms with E-state index in [-0.39, 0.29) is 17.9 Å². The standard InChI is InChI=1S/C9H17N3O/c1-4-6-7(3)11-8(5-2)9(10)12-13/h1,7-8,11,13H,5-6H2,2-3H3,(H2,10,12). The monoisotopic (exact) mass is 183 g/mol. The van der Waals surface area contributed by atoms with Gasteiger partial charge in [-0.25, -0.2) is 0 Å². The highest BCUT2D eigenvalue weighted by Gasteiger charge is 2.13. The van der Waals surface area contributed by atoms with Crippen LogP contribution in [0.3, 0.4) is 0 Å². The van der Waals surface area contributed by atoms with E-state index >= 15 is 0 Å². The van der Waals surface area contributed by atoms with Gasteiger partial charge in [0.25, 0.3) is 0 Å². The molecule has 0 radical (unpaired) electrons. The summed E-state index contributed by atoms with van der Waals surface area (Å²) in [5, 5.41) is 14.6. The molecule has 0 aromatic heterocycles. The van der Waals surface area contributed by atoms with E-state index in [2.05, 4.69) is 16.4 Å². The highest BCUT2D eigenvalue weighted by Crippen LogP contribution is 1.96. The summed E-state index contributed by atoms with van der Waals surface area (Å²) in [6.07, 6.45) is 6.56. The molecule has 0 aliphatic carbocycles. The summed E-state index contributed by atoms with van der Waals surface area (Å²) < 4.78 is 0. The molecule has 0 aliphatic rings. The zero-order valence-electron chi connectivity index (χ0n) is 8.12. The second-order valence-electron chi connectivity index (χ2n) is 2.96. The van der Waals surface area contributed by atoms with Crippen molar-refractivity contribution < 1.29 is 5.21 Å². The van der Waals surface area contributed by atoms with Gasteiger partial charge in [-0.3, -0.25) is 0 Å². The van der Waals surface area contributed by atoms with Gasteiger partial charge in [-0.05, 0) is 13.3 Å². The van der Waals surface area contributed by atoms with Crippen molar-refractivity contribution in [3.63, 3.8) is 0 Å². The van der Waals surface area contributed by atoms with Crippen LogP contribution >= 0.6 is 0 Å². The molecular formula is C9H17N3O. The first-order valence-corrected chi connectivity index (χ1v) is 4.32. The van der Waals surface area contributed by atoms with Crippen LogP contribution in [-0.2, 0) is 0 Å². The molecule has 0 saturated carbocycles. The maximum absolute atomic E-state index is 8.46. The Balaban J connectivity index is 4.06. The van der Waals surface area contributed by atoms with Crippen molar-refractivity contribution in [2.24, 2.45) is 10.9 Å². The number of hydrogen-bond acceptors (Lipinski definition) is 3. The van der Waals surface area contributed by atoms with Gasteiger partial charge in [0, 0.05) is 12.5 Å². The lowest BCUT2D eigenvalue weighted by atomic mass is 10.1. The van der Waals surface area contributed by atoms with Gasteiger partial charge >= 0.3 is 0 Å². The topological polar surface area (TPSA) is 70.6 Å². The van der Waals surface area contributed by atoms with E-state index in [0.29, 0.717) is 6.42 Å². The minimum Gasteiger partial charge on any atom is -0.409 e. The quantitative estimate of drug-likeness (QED) is 0.191. The molecule has 0 amide bonds. The molecule has 0 aromatic carbocycles. The summed E-state index contributed by atoms with van der Waals surface area (Å²) in [5.41, 5.74) is 5.46. The number of terminal acetylenes is 1. The third-order valence-electron chi connectivity index (χ3n) is 1.79. The Morgan fingerprint density at radius 3 is 2.77 bits per heavy atom. The molecule has 13 heavy (non-hydrogen) atoms. The van der Waals surface area contributed by atoms with Gasteiger partial charge in [0.15, 0.2) is 5.84 Å². The smallest absolute Gasteiger partial charge is 0.156 e. The molecule has 0 heterocycles. The highest BCUT2D eigenvalue weighted by molar-refractivity contribution is 5.85. The van der Waals surface area contributed by atoms with E-state index in [9.17, 15) is 0 Å². The molecule has 2 atom stereocenters. The van der Waals surface area contributed by atoms with Crippen molar-refractivity contribution in [3.05, 3.63) is 0 Å². The minimum atomic E-state index is -0.103. The van der Waals surface area contributed by atoms with Crippen molar-refractivity contribution >= 4 is 5.84 Å². The number of rotatable bonds is 5. The summed E-state index contributed by atoms with van der Waals surface area (Å²) >= 11 is 0. The highest BCUT2D eigenvalue weighted by atomic mass is 16.4. The Hall–Kier alpha value is -1.21. The predicted molar refractivity (Wildman–Crippen MR) is 53.5 cm³/mol. The molecule has 4 heteroatoms. The minimum absolute atomic E-state index is 0.103. The SMILES string of the molecule is C#CCC(C)NC(CC)C(N)=NO. The first-order chi connectivity index (χ1) is 6.15. The fourth-order valence-electron chi connectivity index (χ4n) is 1.06. The third-order valence-corrected chi connectivity index (χ3v) is 1.79. The summed E-state index contributed by atoms with van der Waals surface area (Å²) in [6, 6.07) is 0.0728. The molecule has 0 fully saturated rings.